The van der Waals surface area contributed by atoms with E-state index < -0.39 is 5.97 Å². The van der Waals surface area contributed by atoms with Gasteiger partial charge in [-0.1, -0.05) is 19.9 Å². The van der Waals surface area contributed by atoms with Gasteiger partial charge in [0, 0.05) is 41.5 Å². The predicted molar refractivity (Wildman–Crippen MR) is 127 cm³/mol. The van der Waals surface area contributed by atoms with Gasteiger partial charge in [-0.3, -0.25) is 14.6 Å². The second kappa shape index (κ2) is 9.94. The molecule has 2 unspecified atom stereocenters. The van der Waals surface area contributed by atoms with Crippen LogP contribution in [-0.2, 0) is 16.2 Å². The summed E-state index contributed by atoms with van der Waals surface area (Å²) in [6.07, 6.45) is 7.47. The molecule has 1 N–H and O–H groups in total. The molecule has 1 fully saturated rings. The third kappa shape index (κ3) is 5.05. The standard InChI is InChI=1S/C27H34N2O4/c1-17(2)20-6-8-21(9-7-20)27(32)29-18(3)23(14-26(30)31)24-13-22(10-11-25(24)29)33-16-19-5-4-12-28-15-19/h4-5,10-13,15,17-18,20-21,23H,6-9,14,16H2,1-3H3,(H,30,31). The number of aromatic nitrogens is 1. The Morgan fingerprint density at radius 3 is 2.58 bits per heavy atom. The minimum atomic E-state index is -0.855. The van der Waals surface area contributed by atoms with Crippen molar-refractivity contribution in [1.29, 1.82) is 0 Å². The van der Waals surface area contributed by atoms with E-state index in [0.717, 1.165) is 42.5 Å². The molecule has 2 atom stereocenters. The lowest BCUT2D eigenvalue weighted by Crippen LogP contribution is -2.42. The van der Waals surface area contributed by atoms with Gasteiger partial charge in [-0.2, -0.15) is 0 Å². The number of carboxylic acids is 1. The summed E-state index contributed by atoms with van der Waals surface area (Å²) in [5.74, 6) is 1.06. The molecule has 0 saturated heterocycles. The van der Waals surface area contributed by atoms with Crippen molar-refractivity contribution in [3.05, 3.63) is 53.9 Å². The molecule has 2 aromatic rings. The van der Waals surface area contributed by atoms with Gasteiger partial charge in [0.15, 0.2) is 0 Å². The maximum Gasteiger partial charge on any atom is 0.304 e. The van der Waals surface area contributed by atoms with Crippen molar-refractivity contribution in [2.24, 2.45) is 17.8 Å². The lowest BCUT2D eigenvalue weighted by atomic mass is 9.76. The molecule has 1 saturated carbocycles. The highest BCUT2D eigenvalue weighted by atomic mass is 16.5. The van der Waals surface area contributed by atoms with E-state index in [4.69, 9.17) is 4.74 Å². The number of carbonyl (C=O) groups is 2. The van der Waals surface area contributed by atoms with E-state index in [1.165, 1.54) is 0 Å². The van der Waals surface area contributed by atoms with Gasteiger partial charge in [0.2, 0.25) is 5.91 Å². The number of rotatable bonds is 7. The zero-order chi connectivity index (χ0) is 23.5. The topological polar surface area (TPSA) is 79.7 Å². The maximum absolute atomic E-state index is 13.6. The molecular weight excluding hydrogens is 416 g/mol. The van der Waals surface area contributed by atoms with Gasteiger partial charge in [0.25, 0.3) is 0 Å². The first kappa shape index (κ1) is 23.3. The third-order valence-electron chi connectivity index (χ3n) is 7.47. The molecule has 6 nitrogen and oxygen atoms in total. The third-order valence-corrected chi connectivity index (χ3v) is 7.47. The predicted octanol–water partition coefficient (Wildman–Crippen LogP) is 5.42. The number of anilines is 1. The molecule has 1 amide bonds. The molecule has 176 valence electrons. The summed E-state index contributed by atoms with van der Waals surface area (Å²) >= 11 is 0. The summed E-state index contributed by atoms with van der Waals surface area (Å²) < 4.78 is 5.96. The van der Waals surface area contributed by atoms with Crippen LogP contribution in [0.4, 0.5) is 5.69 Å². The molecule has 4 rings (SSSR count). The second-order valence-electron chi connectivity index (χ2n) is 9.88. The van der Waals surface area contributed by atoms with Gasteiger partial charge < -0.3 is 14.7 Å². The fraction of sp³-hybridized carbons (Fsp3) is 0.519. The van der Waals surface area contributed by atoms with Crippen LogP contribution in [0.5, 0.6) is 5.75 Å². The smallest absolute Gasteiger partial charge is 0.304 e. The molecule has 0 bridgehead atoms. The number of nitrogens with zero attached hydrogens (tertiary/aromatic N) is 2. The van der Waals surface area contributed by atoms with Crippen LogP contribution < -0.4 is 9.64 Å². The van der Waals surface area contributed by atoms with E-state index >= 15 is 0 Å². The molecule has 1 aromatic heterocycles. The summed E-state index contributed by atoms with van der Waals surface area (Å²) in [5.41, 5.74) is 2.68. The largest absolute Gasteiger partial charge is 0.489 e. The number of hydrogen-bond acceptors (Lipinski definition) is 4. The fourth-order valence-corrected chi connectivity index (χ4v) is 5.47. The monoisotopic (exact) mass is 450 g/mol. The number of benzene rings is 1. The Bertz CT molecular complexity index is 983. The van der Waals surface area contributed by atoms with Crippen LogP contribution in [0.1, 0.15) is 69.9 Å². The molecule has 1 aliphatic heterocycles. The van der Waals surface area contributed by atoms with Crippen molar-refractivity contribution in [2.75, 3.05) is 4.90 Å². The SMILES string of the molecule is CC(C)C1CCC(C(=O)N2c3ccc(OCc4cccnc4)cc3C(CC(=O)O)C2C)CC1. The summed E-state index contributed by atoms with van der Waals surface area (Å²) in [4.78, 5) is 31.2. The Balaban J connectivity index is 1.55. The van der Waals surface area contributed by atoms with Gasteiger partial charge in [-0.25, -0.2) is 0 Å². The van der Waals surface area contributed by atoms with Crippen LogP contribution in [0.25, 0.3) is 0 Å². The molecule has 2 aliphatic rings. The Kier molecular flexibility index (Phi) is 7.01. The first-order valence-corrected chi connectivity index (χ1v) is 12.1. The van der Waals surface area contributed by atoms with Crippen molar-refractivity contribution in [3.63, 3.8) is 0 Å². The number of aliphatic carboxylic acids is 1. The Morgan fingerprint density at radius 1 is 1.18 bits per heavy atom. The van der Waals surface area contributed by atoms with E-state index in [2.05, 4.69) is 18.8 Å². The van der Waals surface area contributed by atoms with E-state index in [0.29, 0.717) is 24.2 Å². The molecule has 2 heterocycles. The van der Waals surface area contributed by atoms with Gasteiger partial charge in [0.05, 0.1) is 6.42 Å². The molecular formula is C27H34N2O4. The first-order valence-electron chi connectivity index (χ1n) is 12.1. The van der Waals surface area contributed by atoms with Crippen molar-refractivity contribution >= 4 is 17.6 Å². The fourth-order valence-electron chi connectivity index (χ4n) is 5.47. The molecule has 1 aromatic carbocycles. The minimum Gasteiger partial charge on any atom is -0.489 e. The summed E-state index contributed by atoms with van der Waals surface area (Å²) in [6, 6.07) is 9.33. The highest BCUT2D eigenvalue weighted by Gasteiger charge is 2.42. The Morgan fingerprint density at radius 2 is 1.94 bits per heavy atom. The van der Waals surface area contributed by atoms with Crippen LogP contribution in [0.2, 0.25) is 0 Å². The second-order valence-corrected chi connectivity index (χ2v) is 9.88. The van der Waals surface area contributed by atoms with E-state index in [-0.39, 0.29) is 30.2 Å². The van der Waals surface area contributed by atoms with Gasteiger partial charge in [0.1, 0.15) is 12.4 Å². The lowest BCUT2D eigenvalue weighted by Gasteiger charge is -2.34. The van der Waals surface area contributed by atoms with Gasteiger partial charge >= 0.3 is 5.97 Å². The lowest BCUT2D eigenvalue weighted by molar-refractivity contribution is -0.137. The van der Waals surface area contributed by atoms with Crippen LogP contribution in [0.3, 0.4) is 0 Å². The molecule has 0 radical (unpaired) electrons. The normalized spacial score (nSPS) is 24.5. The quantitative estimate of drug-likeness (QED) is 0.610. The molecule has 0 spiro atoms. The van der Waals surface area contributed by atoms with Gasteiger partial charge in [-0.15, -0.1) is 0 Å². The number of ether oxygens (including phenoxy) is 1. The first-order chi connectivity index (χ1) is 15.8. The van der Waals surface area contributed by atoms with Crippen LogP contribution >= 0.6 is 0 Å². The summed E-state index contributed by atoms with van der Waals surface area (Å²) in [7, 11) is 0. The Labute approximate surface area is 196 Å². The van der Waals surface area contributed by atoms with Crippen molar-refractivity contribution in [3.8, 4) is 5.75 Å². The maximum atomic E-state index is 13.6. The zero-order valence-corrected chi connectivity index (χ0v) is 19.7. The Hall–Kier alpha value is -2.89. The molecule has 6 heteroatoms. The highest BCUT2D eigenvalue weighted by Crippen LogP contribution is 2.46. The number of carbonyl (C=O) groups excluding carboxylic acids is 1. The average molecular weight is 451 g/mol. The van der Waals surface area contributed by atoms with Gasteiger partial charge in [-0.05, 0) is 74.3 Å². The van der Waals surface area contributed by atoms with Crippen molar-refractivity contribution in [2.45, 2.75) is 71.4 Å². The van der Waals surface area contributed by atoms with E-state index in [1.54, 1.807) is 12.4 Å². The minimum absolute atomic E-state index is 0.00983. The number of fused-ring (bicyclic) bond motifs is 1. The number of pyridine rings is 1. The number of hydrogen-bond donors (Lipinski definition) is 1. The van der Waals surface area contributed by atoms with Crippen LogP contribution in [0, 0.1) is 17.8 Å². The van der Waals surface area contributed by atoms with Crippen LogP contribution in [0.15, 0.2) is 42.7 Å². The summed E-state index contributed by atoms with van der Waals surface area (Å²) in [5, 5.41) is 9.55. The van der Waals surface area contributed by atoms with E-state index in [9.17, 15) is 14.7 Å². The van der Waals surface area contributed by atoms with E-state index in [1.807, 2.05) is 42.2 Å². The summed E-state index contributed by atoms with van der Waals surface area (Å²) in [6.45, 7) is 6.88. The number of carboxylic acid groups (broad SMARTS) is 1. The molecule has 33 heavy (non-hydrogen) atoms. The number of amides is 1. The molecule has 1 aliphatic carbocycles. The van der Waals surface area contributed by atoms with Crippen molar-refractivity contribution < 1.29 is 19.4 Å². The zero-order valence-electron chi connectivity index (χ0n) is 19.7. The van der Waals surface area contributed by atoms with Crippen molar-refractivity contribution in [1.82, 2.24) is 4.98 Å². The average Bonchev–Trinajstić information content (AvgIpc) is 3.08. The van der Waals surface area contributed by atoms with Crippen LogP contribution in [-0.4, -0.2) is 28.0 Å². The highest BCUT2D eigenvalue weighted by molar-refractivity contribution is 5.98.